The molecule has 7 nitrogen and oxygen atoms in total. The Morgan fingerprint density at radius 2 is 1.73 bits per heavy atom. The second kappa shape index (κ2) is 6.95. The van der Waals surface area contributed by atoms with Gasteiger partial charge in [-0.25, -0.2) is 4.90 Å². The third kappa shape index (κ3) is 2.81. The third-order valence-corrected chi connectivity index (χ3v) is 6.70. The van der Waals surface area contributed by atoms with E-state index in [0.29, 0.717) is 17.3 Å². The summed E-state index contributed by atoms with van der Waals surface area (Å²) in [5.41, 5.74) is 1.15. The van der Waals surface area contributed by atoms with Crippen molar-refractivity contribution in [2.75, 3.05) is 10.2 Å². The van der Waals surface area contributed by atoms with E-state index in [2.05, 4.69) is 5.32 Å². The van der Waals surface area contributed by atoms with Crippen LogP contribution < -0.4 is 10.2 Å². The summed E-state index contributed by atoms with van der Waals surface area (Å²) >= 11 is 6.15. The maximum Gasteiger partial charge on any atom is 0.294 e. The number of amides is 2. The summed E-state index contributed by atoms with van der Waals surface area (Å²) in [6.07, 6.45) is 4.88. The van der Waals surface area contributed by atoms with Crippen molar-refractivity contribution in [1.82, 2.24) is 0 Å². The molecule has 1 saturated heterocycles. The van der Waals surface area contributed by atoms with E-state index in [0.717, 1.165) is 16.9 Å². The van der Waals surface area contributed by atoms with Crippen LogP contribution in [0.1, 0.15) is 12.0 Å². The zero-order chi connectivity index (χ0) is 21.0. The summed E-state index contributed by atoms with van der Waals surface area (Å²) in [5.74, 6) is -1.02. The first-order valence-corrected chi connectivity index (χ1v) is 10.2. The molecule has 4 unspecified atom stereocenters. The van der Waals surface area contributed by atoms with Gasteiger partial charge in [-0.3, -0.25) is 19.7 Å². The smallest absolute Gasteiger partial charge is 0.294 e. The van der Waals surface area contributed by atoms with Crippen LogP contribution in [0.3, 0.4) is 0 Å². The second-order valence-electron chi connectivity index (χ2n) is 7.92. The van der Waals surface area contributed by atoms with Gasteiger partial charge in [0.1, 0.15) is 5.69 Å². The van der Waals surface area contributed by atoms with Gasteiger partial charge in [0, 0.05) is 17.6 Å². The molecule has 2 aliphatic carbocycles. The molecule has 3 aliphatic rings. The molecule has 8 heteroatoms. The number of nitrogens with zero attached hydrogens (tertiary/aromatic N) is 2. The number of hydrogen-bond donors (Lipinski definition) is 1. The van der Waals surface area contributed by atoms with Gasteiger partial charge in [-0.15, -0.1) is 0 Å². The first kappa shape index (κ1) is 18.8. The van der Waals surface area contributed by atoms with Gasteiger partial charge in [0.05, 0.1) is 22.4 Å². The number of rotatable bonds is 5. The Labute approximate surface area is 177 Å². The highest BCUT2D eigenvalue weighted by molar-refractivity contribution is 6.31. The van der Waals surface area contributed by atoms with Crippen molar-refractivity contribution in [2.45, 2.75) is 13.0 Å². The van der Waals surface area contributed by atoms with Crippen molar-refractivity contribution in [3.63, 3.8) is 0 Å². The molecule has 0 spiro atoms. The number of hydrogen-bond acceptors (Lipinski definition) is 5. The molecule has 1 aliphatic heterocycles. The standard InChI is InChI=1S/C22H18ClN3O4/c23-16-4-2-1-3-14(16)11-24-17-8-7-15(10-18(17)26(29)30)25-21(27)19-12-5-6-13(9-12)20(19)22(25)28/h1-8,10,12-13,19-20,24H,9,11H2. The maximum absolute atomic E-state index is 13.0. The fourth-order valence-corrected chi connectivity index (χ4v) is 5.15. The molecule has 1 N–H and O–H groups in total. The number of halogens is 1. The highest BCUT2D eigenvalue weighted by Gasteiger charge is 2.59. The minimum atomic E-state index is -0.518. The van der Waals surface area contributed by atoms with Crippen LogP contribution in [-0.4, -0.2) is 16.7 Å². The maximum atomic E-state index is 13.0. The molecule has 1 heterocycles. The zero-order valence-electron chi connectivity index (χ0n) is 15.8. The van der Waals surface area contributed by atoms with E-state index >= 15 is 0 Å². The molecular formula is C22H18ClN3O4. The number of nitrogens with one attached hydrogen (secondary N) is 1. The largest absolute Gasteiger partial charge is 0.375 e. The number of fused-ring (bicyclic) bond motifs is 5. The fraction of sp³-hybridized carbons (Fsp3) is 0.273. The summed E-state index contributed by atoms with van der Waals surface area (Å²) in [6, 6.07) is 11.6. The van der Waals surface area contributed by atoms with Crippen LogP contribution in [-0.2, 0) is 16.1 Å². The third-order valence-electron chi connectivity index (χ3n) is 6.33. The van der Waals surface area contributed by atoms with Crippen LogP contribution in [0.5, 0.6) is 0 Å². The Morgan fingerprint density at radius 1 is 1.07 bits per heavy atom. The predicted molar refractivity (Wildman–Crippen MR) is 112 cm³/mol. The van der Waals surface area contributed by atoms with Crippen molar-refractivity contribution in [1.29, 1.82) is 0 Å². The summed E-state index contributed by atoms with van der Waals surface area (Å²) in [5, 5.41) is 15.3. The van der Waals surface area contributed by atoms with Gasteiger partial charge in [-0.1, -0.05) is 42.0 Å². The summed E-state index contributed by atoms with van der Waals surface area (Å²) in [4.78, 5) is 38.2. The molecule has 2 amide bonds. The monoisotopic (exact) mass is 423 g/mol. The van der Waals surface area contributed by atoms with E-state index in [4.69, 9.17) is 11.6 Å². The van der Waals surface area contributed by atoms with Gasteiger partial charge < -0.3 is 5.32 Å². The van der Waals surface area contributed by atoms with Crippen molar-refractivity contribution in [3.8, 4) is 0 Å². The Hall–Kier alpha value is -3.19. The van der Waals surface area contributed by atoms with Gasteiger partial charge in [0.2, 0.25) is 11.8 Å². The number of carbonyl (C=O) groups excluding carboxylic acids is 2. The average molecular weight is 424 g/mol. The van der Waals surface area contributed by atoms with E-state index in [-0.39, 0.29) is 46.9 Å². The molecule has 5 rings (SSSR count). The lowest BCUT2D eigenvalue weighted by molar-refractivity contribution is -0.383. The van der Waals surface area contributed by atoms with Gasteiger partial charge >= 0.3 is 0 Å². The lowest BCUT2D eigenvalue weighted by Gasteiger charge is -2.18. The van der Waals surface area contributed by atoms with Crippen LogP contribution in [0.25, 0.3) is 0 Å². The summed E-state index contributed by atoms with van der Waals surface area (Å²) < 4.78 is 0. The number of nitro benzene ring substituents is 1. The summed E-state index contributed by atoms with van der Waals surface area (Å²) in [7, 11) is 0. The van der Waals surface area contributed by atoms with Crippen LogP contribution in [0, 0.1) is 33.8 Å². The van der Waals surface area contributed by atoms with Crippen molar-refractivity contribution in [2.24, 2.45) is 23.7 Å². The Bertz CT molecular complexity index is 1090. The van der Waals surface area contributed by atoms with Gasteiger partial charge in [-0.05, 0) is 42.0 Å². The topological polar surface area (TPSA) is 92.6 Å². The average Bonchev–Trinajstić information content (AvgIpc) is 3.41. The first-order chi connectivity index (χ1) is 14.5. The molecule has 2 bridgehead atoms. The number of anilines is 2. The minimum absolute atomic E-state index is 0.0907. The first-order valence-electron chi connectivity index (χ1n) is 9.77. The lowest BCUT2D eigenvalue weighted by Crippen LogP contribution is -2.32. The molecule has 0 radical (unpaired) electrons. The Kier molecular flexibility index (Phi) is 4.36. The lowest BCUT2D eigenvalue weighted by atomic mass is 9.85. The normalized spacial score (nSPS) is 26.4. The highest BCUT2D eigenvalue weighted by Crippen LogP contribution is 2.53. The van der Waals surface area contributed by atoms with E-state index in [1.54, 1.807) is 12.1 Å². The Morgan fingerprint density at radius 3 is 2.37 bits per heavy atom. The number of carbonyl (C=O) groups is 2. The Balaban J connectivity index is 1.43. The molecule has 2 aromatic rings. The minimum Gasteiger partial charge on any atom is -0.375 e. The molecule has 2 aromatic carbocycles. The number of imide groups is 1. The fourth-order valence-electron chi connectivity index (χ4n) is 4.95. The highest BCUT2D eigenvalue weighted by atomic mass is 35.5. The van der Waals surface area contributed by atoms with E-state index in [9.17, 15) is 19.7 Å². The molecule has 1 saturated carbocycles. The molecule has 152 valence electrons. The van der Waals surface area contributed by atoms with Crippen molar-refractivity contribution in [3.05, 3.63) is 75.3 Å². The molecule has 30 heavy (non-hydrogen) atoms. The van der Waals surface area contributed by atoms with Crippen molar-refractivity contribution < 1.29 is 14.5 Å². The molecule has 0 aromatic heterocycles. The van der Waals surface area contributed by atoms with Crippen LogP contribution in [0.4, 0.5) is 17.1 Å². The molecule has 4 atom stereocenters. The van der Waals surface area contributed by atoms with Crippen molar-refractivity contribution >= 4 is 40.5 Å². The van der Waals surface area contributed by atoms with Crippen LogP contribution in [0.2, 0.25) is 5.02 Å². The molecule has 2 fully saturated rings. The van der Waals surface area contributed by atoms with Gasteiger partial charge in [0.25, 0.3) is 5.69 Å². The van der Waals surface area contributed by atoms with Crippen LogP contribution >= 0.6 is 11.6 Å². The van der Waals surface area contributed by atoms with Crippen LogP contribution in [0.15, 0.2) is 54.6 Å². The summed E-state index contributed by atoms with van der Waals surface area (Å²) in [6.45, 7) is 0.306. The van der Waals surface area contributed by atoms with E-state index in [1.807, 2.05) is 30.4 Å². The van der Waals surface area contributed by atoms with E-state index in [1.165, 1.54) is 12.1 Å². The predicted octanol–water partition coefficient (Wildman–Crippen LogP) is 4.17. The quantitative estimate of drug-likeness (QED) is 0.337. The number of nitro groups is 1. The zero-order valence-corrected chi connectivity index (χ0v) is 16.6. The number of allylic oxidation sites excluding steroid dienone is 2. The van der Waals surface area contributed by atoms with Gasteiger partial charge in [-0.2, -0.15) is 0 Å². The molecular weight excluding hydrogens is 406 g/mol. The van der Waals surface area contributed by atoms with E-state index < -0.39 is 4.92 Å². The SMILES string of the molecule is O=C1C2C3C=CC(C3)C2C(=O)N1c1ccc(NCc2ccccc2Cl)c([N+](=O)[O-])c1. The second-order valence-corrected chi connectivity index (χ2v) is 8.32. The van der Waals surface area contributed by atoms with Gasteiger partial charge in [0.15, 0.2) is 0 Å². The number of benzene rings is 2.